The summed E-state index contributed by atoms with van der Waals surface area (Å²) in [4.78, 5) is 0. The lowest BCUT2D eigenvalue weighted by atomic mass is 10.2. The van der Waals surface area contributed by atoms with Crippen molar-refractivity contribution in [1.29, 1.82) is 0 Å². The number of hydrogen-bond acceptors (Lipinski definition) is 4. The van der Waals surface area contributed by atoms with E-state index in [9.17, 15) is 0 Å². The minimum atomic E-state index is -2.03. The molecule has 1 saturated heterocycles. The molecule has 1 aromatic carbocycles. The molecule has 0 radical (unpaired) electrons. The van der Waals surface area contributed by atoms with Gasteiger partial charge in [0.1, 0.15) is 0 Å². The summed E-state index contributed by atoms with van der Waals surface area (Å²) in [5.41, 5.74) is 1.27. The van der Waals surface area contributed by atoms with Gasteiger partial charge in [0.05, 0.1) is 6.54 Å². The van der Waals surface area contributed by atoms with Gasteiger partial charge in [0.15, 0.2) is 0 Å². The Hall–Kier alpha value is -0.660. The standard InChI is InChI=1S/C12H19N4P2/c1-13-18(14-2)15-8-3-9-16(18)10-11-4-6-12(17)7-5-11/h4-7,15H,1-3,8-10,17H2/q+1. The molecule has 0 aromatic heterocycles. The molecule has 1 fully saturated rings. The molecule has 0 bridgehead atoms. The van der Waals surface area contributed by atoms with Crippen LogP contribution in [0.15, 0.2) is 33.8 Å². The van der Waals surface area contributed by atoms with Crippen molar-refractivity contribution in [2.45, 2.75) is 13.0 Å². The molecule has 0 spiro atoms. The zero-order valence-electron chi connectivity index (χ0n) is 10.4. The summed E-state index contributed by atoms with van der Waals surface area (Å²) in [6.07, 6.45) is 1.11. The topological polar surface area (TPSA) is 40.0 Å². The highest BCUT2D eigenvalue weighted by Crippen LogP contribution is 2.62. The fourth-order valence-corrected chi connectivity index (χ4v) is 4.34. The van der Waals surface area contributed by atoms with E-state index in [1.165, 1.54) is 10.9 Å². The fourth-order valence-electron chi connectivity index (χ4n) is 2.07. The first-order chi connectivity index (χ1) is 8.70. The molecular weight excluding hydrogens is 262 g/mol. The Morgan fingerprint density at radius 1 is 1.28 bits per heavy atom. The molecule has 0 amide bonds. The quantitative estimate of drug-likeness (QED) is 0.678. The van der Waals surface area contributed by atoms with Gasteiger partial charge in [-0.15, -0.1) is 19.0 Å². The van der Waals surface area contributed by atoms with Crippen LogP contribution in [-0.4, -0.2) is 31.2 Å². The van der Waals surface area contributed by atoms with Gasteiger partial charge in [-0.1, -0.05) is 33.8 Å². The fraction of sp³-hybridized carbons (Fsp3) is 0.333. The summed E-state index contributed by atoms with van der Waals surface area (Å²) in [5, 5.41) is 4.58. The lowest BCUT2D eigenvalue weighted by Crippen LogP contribution is -2.37. The number of nitrogens with zero attached hydrogens (tertiary/aromatic N) is 3. The van der Waals surface area contributed by atoms with E-state index < -0.39 is 7.87 Å². The second-order valence-corrected chi connectivity index (χ2v) is 7.49. The zero-order valence-corrected chi connectivity index (χ0v) is 12.5. The highest BCUT2D eigenvalue weighted by atomic mass is 31.2. The maximum absolute atomic E-state index is 4.24. The number of benzene rings is 1. The minimum Gasteiger partial charge on any atom is -0.134 e. The van der Waals surface area contributed by atoms with Crippen molar-refractivity contribution >= 4 is 35.8 Å². The summed E-state index contributed by atoms with van der Waals surface area (Å²) in [5.74, 6) is 0. The predicted octanol–water partition coefficient (Wildman–Crippen LogP) is 2.06. The van der Waals surface area contributed by atoms with E-state index in [2.05, 4.69) is 66.2 Å². The van der Waals surface area contributed by atoms with Crippen molar-refractivity contribution < 1.29 is 0 Å². The Morgan fingerprint density at radius 3 is 2.56 bits per heavy atom. The molecular formula is C12H19N4P2+. The van der Waals surface area contributed by atoms with E-state index in [-0.39, 0.29) is 0 Å². The van der Waals surface area contributed by atoms with Crippen LogP contribution in [0.3, 0.4) is 0 Å². The third-order valence-corrected chi connectivity index (χ3v) is 6.00. The van der Waals surface area contributed by atoms with Crippen LogP contribution in [0.25, 0.3) is 0 Å². The van der Waals surface area contributed by atoms with Gasteiger partial charge in [0, 0.05) is 26.5 Å². The van der Waals surface area contributed by atoms with E-state index in [0.717, 1.165) is 26.1 Å². The molecule has 1 N–H and O–H groups in total. The van der Waals surface area contributed by atoms with E-state index in [1.54, 1.807) is 0 Å². The van der Waals surface area contributed by atoms with Gasteiger partial charge in [-0.25, -0.2) is 0 Å². The van der Waals surface area contributed by atoms with Gasteiger partial charge < -0.3 is 0 Å². The normalized spacial score (nSPS) is 19.4. The molecule has 96 valence electrons. The van der Waals surface area contributed by atoms with Crippen LogP contribution in [-0.2, 0) is 6.54 Å². The van der Waals surface area contributed by atoms with Crippen molar-refractivity contribution in [2.75, 3.05) is 13.1 Å². The van der Waals surface area contributed by atoms with Crippen LogP contribution in [0.1, 0.15) is 12.0 Å². The zero-order chi connectivity index (χ0) is 13.0. The molecule has 0 saturated carbocycles. The van der Waals surface area contributed by atoms with Crippen LogP contribution in [0, 0.1) is 0 Å². The Balaban J connectivity index is 2.17. The van der Waals surface area contributed by atoms with Crippen LogP contribution in [0.5, 0.6) is 0 Å². The van der Waals surface area contributed by atoms with Gasteiger partial charge in [0.2, 0.25) is 0 Å². The summed E-state index contributed by atoms with van der Waals surface area (Å²) in [6, 6.07) is 8.47. The number of nitrogens with one attached hydrogen (secondary N) is 1. The largest absolute Gasteiger partial charge is 0.396 e. The summed E-state index contributed by atoms with van der Waals surface area (Å²) >= 11 is 0. The molecule has 2 rings (SSSR count). The molecule has 6 heteroatoms. The van der Waals surface area contributed by atoms with Crippen LogP contribution in [0.2, 0.25) is 0 Å². The van der Waals surface area contributed by atoms with Crippen molar-refractivity contribution in [3.63, 3.8) is 0 Å². The minimum absolute atomic E-state index is 0.837. The smallest absolute Gasteiger partial charge is 0.134 e. The predicted molar refractivity (Wildman–Crippen MR) is 84.8 cm³/mol. The second-order valence-electron chi connectivity index (χ2n) is 4.24. The third-order valence-electron chi connectivity index (χ3n) is 3.05. The highest BCUT2D eigenvalue weighted by molar-refractivity contribution is 7.69. The third kappa shape index (κ3) is 2.84. The van der Waals surface area contributed by atoms with E-state index in [4.69, 9.17) is 0 Å². The average molecular weight is 281 g/mol. The van der Waals surface area contributed by atoms with Gasteiger partial charge in [0.25, 0.3) is 0 Å². The summed E-state index contributed by atoms with van der Waals surface area (Å²) in [7, 11) is 0.662. The molecule has 1 aliphatic rings. The second kappa shape index (κ2) is 5.99. The molecule has 4 nitrogen and oxygen atoms in total. The lowest BCUT2D eigenvalue weighted by Gasteiger charge is -2.31. The average Bonchev–Trinajstić information content (AvgIpc) is 2.42. The van der Waals surface area contributed by atoms with E-state index >= 15 is 0 Å². The molecule has 1 heterocycles. The van der Waals surface area contributed by atoms with E-state index in [0.29, 0.717) is 0 Å². The molecule has 1 unspecified atom stereocenters. The van der Waals surface area contributed by atoms with Crippen molar-refractivity contribution in [3.8, 4) is 0 Å². The van der Waals surface area contributed by atoms with Gasteiger partial charge in [-0.3, -0.25) is 0 Å². The molecule has 1 aromatic rings. The first kappa shape index (κ1) is 13.8. The van der Waals surface area contributed by atoms with Crippen molar-refractivity contribution in [2.24, 2.45) is 9.53 Å². The molecule has 1 aliphatic heterocycles. The Bertz CT molecular complexity index is 424. The monoisotopic (exact) mass is 281 g/mol. The van der Waals surface area contributed by atoms with E-state index in [1.807, 2.05) is 0 Å². The highest BCUT2D eigenvalue weighted by Gasteiger charge is 2.47. The molecule has 1 atom stereocenters. The molecule has 18 heavy (non-hydrogen) atoms. The number of rotatable bonds is 4. The van der Waals surface area contributed by atoms with Crippen molar-refractivity contribution in [3.05, 3.63) is 29.8 Å². The summed E-state index contributed by atoms with van der Waals surface area (Å²) in [6.45, 7) is 10.1. The maximum atomic E-state index is 4.24. The van der Waals surface area contributed by atoms with Crippen molar-refractivity contribution in [1.82, 2.24) is 9.76 Å². The first-order valence-electron chi connectivity index (χ1n) is 5.91. The summed E-state index contributed by atoms with van der Waals surface area (Å²) < 4.78 is 10.7. The van der Waals surface area contributed by atoms with Crippen LogP contribution in [0.4, 0.5) is 0 Å². The van der Waals surface area contributed by atoms with Crippen LogP contribution < -0.4 is 10.4 Å². The first-order valence-corrected chi connectivity index (χ1v) is 8.13. The SMILES string of the molecule is C=N[P+]1(N=C)NCCCN1Cc1ccc(P)cc1. The van der Waals surface area contributed by atoms with Gasteiger partial charge >= 0.3 is 7.87 Å². The number of hydrogen-bond donors (Lipinski definition) is 1. The Morgan fingerprint density at radius 2 is 1.94 bits per heavy atom. The Labute approximate surface area is 111 Å². The molecule has 0 aliphatic carbocycles. The maximum Gasteiger partial charge on any atom is 0.396 e. The van der Waals surface area contributed by atoms with Gasteiger partial charge in [-0.05, 0) is 17.3 Å². The van der Waals surface area contributed by atoms with Gasteiger partial charge in [-0.2, -0.15) is 0 Å². The lowest BCUT2D eigenvalue weighted by molar-refractivity contribution is 0.399. The van der Waals surface area contributed by atoms with Crippen LogP contribution >= 0.6 is 17.1 Å². The Kier molecular flexibility index (Phi) is 4.58.